The minimum atomic E-state index is -0.930. The number of carboxylic acid groups (broad SMARTS) is 1. The number of carbonyl (C=O) groups is 2. The van der Waals surface area contributed by atoms with Gasteiger partial charge in [0.1, 0.15) is 0 Å². The predicted molar refractivity (Wildman–Crippen MR) is 81.5 cm³/mol. The lowest BCUT2D eigenvalue weighted by Crippen LogP contribution is -2.38. The van der Waals surface area contributed by atoms with Crippen LogP contribution in [0.25, 0.3) is 0 Å². The zero-order valence-corrected chi connectivity index (χ0v) is 13.9. The fraction of sp³-hybridized carbons (Fsp3) is 0.875. The summed E-state index contributed by atoms with van der Waals surface area (Å²) >= 11 is 0. The summed E-state index contributed by atoms with van der Waals surface area (Å²) in [6.07, 6.45) is 2.04. The molecule has 0 aromatic carbocycles. The van der Waals surface area contributed by atoms with Crippen LogP contribution in [0.4, 0.5) is 0 Å². The summed E-state index contributed by atoms with van der Waals surface area (Å²) in [5.74, 6) is -0.709. The van der Waals surface area contributed by atoms with Gasteiger partial charge >= 0.3 is 5.97 Å². The minimum absolute atomic E-state index is 0.0596. The SMILES string of the molecule is CCC(C)(C)C(CNC(=O)CCC(=O)O)CC(C)(C)C. The molecule has 0 aromatic heterocycles. The number of hydrogen-bond donors (Lipinski definition) is 2. The lowest BCUT2D eigenvalue weighted by Gasteiger charge is -2.38. The standard InChI is InChI=1S/C16H31NO3/c1-7-16(5,6)12(10-15(2,3)4)11-17-13(18)8-9-14(19)20/h12H,7-11H2,1-6H3,(H,17,18)(H,19,20). The molecular formula is C16H31NO3. The lowest BCUT2D eigenvalue weighted by molar-refractivity contribution is -0.138. The highest BCUT2D eigenvalue weighted by atomic mass is 16.4. The van der Waals surface area contributed by atoms with Crippen LogP contribution in [-0.4, -0.2) is 23.5 Å². The number of aliphatic carboxylic acids is 1. The Morgan fingerprint density at radius 2 is 1.65 bits per heavy atom. The summed E-state index contributed by atoms with van der Waals surface area (Å²) in [6, 6.07) is 0. The summed E-state index contributed by atoms with van der Waals surface area (Å²) in [7, 11) is 0. The molecule has 0 saturated carbocycles. The Bertz CT molecular complexity index is 329. The maximum Gasteiger partial charge on any atom is 0.303 e. The van der Waals surface area contributed by atoms with Crippen molar-refractivity contribution in [2.45, 2.75) is 67.2 Å². The normalized spacial score (nSPS) is 13.9. The van der Waals surface area contributed by atoms with Gasteiger partial charge in [-0.1, -0.05) is 48.0 Å². The van der Waals surface area contributed by atoms with E-state index in [9.17, 15) is 9.59 Å². The third kappa shape index (κ3) is 8.18. The second kappa shape index (κ2) is 7.65. The van der Waals surface area contributed by atoms with Crippen LogP contribution in [0, 0.1) is 16.7 Å². The Balaban J connectivity index is 4.51. The first kappa shape index (κ1) is 18.9. The monoisotopic (exact) mass is 285 g/mol. The second-order valence-corrected chi connectivity index (χ2v) is 7.50. The van der Waals surface area contributed by atoms with Gasteiger partial charge in [-0.25, -0.2) is 0 Å². The van der Waals surface area contributed by atoms with Gasteiger partial charge < -0.3 is 10.4 Å². The van der Waals surface area contributed by atoms with Gasteiger partial charge in [0.2, 0.25) is 5.91 Å². The first-order valence-corrected chi connectivity index (χ1v) is 7.46. The molecule has 118 valence electrons. The van der Waals surface area contributed by atoms with E-state index in [-0.39, 0.29) is 29.6 Å². The molecular weight excluding hydrogens is 254 g/mol. The van der Waals surface area contributed by atoms with Crippen LogP contribution in [-0.2, 0) is 9.59 Å². The van der Waals surface area contributed by atoms with Crippen LogP contribution in [0.5, 0.6) is 0 Å². The van der Waals surface area contributed by atoms with E-state index in [1.165, 1.54) is 0 Å². The molecule has 2 N–H and O–H groups in total. The highest BCUT2D eigenvalue weighted by Gasteiger charge is 2.31. The Hall–Kier alpha value is -1.06. The smallest absolute Gasteiger partial charge is 0.303 e. The van der Waals surface area contributed by atoms with Gasteiger partial charge in [0, 0.05) is 13.0 Å². The number of carboxylic acids is 1. The molecule has 20 heavy (non-hydrogen) atoms. The van der Waals surface area contributed by atoms with Gasteiger partial charge in [-0.15, -0.1) is 0 Å². The van der Waals surface area contributed by atoms with Crippen molar-refractivity contribution in [1.82, 2.24) is 5.32 Å². The van der Waals surface area contributed by atoms with Crippen molar-refractivity contribution in [3.05, 3.63) is 0 Å². The summed E-state index contributed by atoms with van der Waals surface area (Å²) in [5.41, 5.74) is 0.371. The largest absolute Gasteiger partial charge is 0.481 e. The van der Waals surface area contributed by atoms with Crippen molar-refractivity contribution >= 4 is 11.9 Å². The van der Waals surface area contributed by atoms with Crippen molar-refractivity contribution in [3.8, 4) is 0 Å². The van der Waals surface area contributed by atoms with E-state index in [4.69, 9.17) is 5.11 Å². The molecule has 0 saturated heterocycles. The molecule has 0 bridgehead atoms. The highest BCUT2D eigenvalue weighted by Crippen LogP contribution is 2.38. The Kier molecular flexibility index (Phi) is 7.25. The second-order valence-electron chi connectivity index (χ2n) is 7.50. The third-order valence-electron chi connectivity index (χ3n) is 3.99. The number of nitrogens with one attached hydrogen (secondary N) is 1. The van der Waals surface area contributed by atoms with Crippen LogP contribution in [0.1, 0.15) is 67.2 Å². The number of amides is 1. The zero-order chi connectivity index (χ0) is 16.0. The van der Waals surface area contributed by atoms with Crippen LogP contribution in [0.3, 0.4) is 0 Å². The van der Waals surface area contributed by atoms with Gasteiger partial charge in [0.05, 0.1) is 6.42 Å². The molecule has 0 rings (SSSR count). The molecule has 4 heteroatoms. The molecule has 1 amide bonds. The van der Waals surface area contributed by atoms with Crippen LogP contribution in [0.2, 0.25) is 0 Å². The van der Waals surface area contributed by atoms with Crippen molar-refractivity contribution in [1.29, 1.82) is 0 Å². The molecule has 0 fully saturated rings. The van der Waals surface area contributed by atoms with E-state index in [0.29, 0.717) is 12.5 Å². The highest BCUT2D eigenvalue weighted by molar-refractivity contribution is 5.80. The molecule has 0 radical (unpaired) electrons. The molecule has 0 heterocycles. The summed E-state index contributed by atoms with van der Waals surface area (Å²) in [4.78, 5) is 22.1. The topological polar surface area (TPSA) is 66.4 Å². The average molecular weight is 285 g/mol. The first-order chi connectivity index (χ1) is 8.98. The van der Waals surface area contributed by atoms with E-state index in [2.05, 4.69) is 46.9 Å². The van der Waals surface area contributed by atoms with Crippen LogP contribution in [0.15, 0.2) is 0 Å². The maximum atomic E-state index is 11.7. The number of rotatable bonds is 8. The fourth-order valence-corrected chi connectivity index (χ4v) is 2.20. The molecule has 0 aliphatic carbocycles. The zero-order valence-electron chi connectivity index (χ0n) is 13.9. The molecule has 0 aliphatic heterocycles. The molecule has 4 nitrogen and oxygen atoms in total. The lowest BCUT2D eigenvalue weighted by atomic mass is 9.70. The minimum Gasteiger partial charge on any atom is -0.481 e. The maximum absolute atomic E-state index is 11.7. The van der Waals surface area contributed by atoms with Crippen molar-refractivity contribution in [2.75, 3.05) is 6.54 Å². The summed E-state index contributed by atoms with van der Waals surface area (Å²) < 4.78 is 0. The molecule has 1 unspecified atom stereocenters. The van der Waals surface area contributed by atoms with Crippen LogP contribution >= 0.6 is 0 Å². The molecule has 0 spiro atoms. The Labute approximate surface area is 123 Å². The van der Waals surface area contributed by atoms with Crippen molar-refractivity contribution in [3.63, 3.8) is 0 Å². The van der Waals surface area contributed by atoms with Crippen molar-refractivity contribution in [2.24, 2.45) is 16.7 Å². The predicted octanol–water partition coefficient (Wildman–Crippen LogP) is 3.46. The van der Waals surface area contributed by atoms with Gasteiger partial charge in [-0.2, -0.15) is 0 Å². The van der Waals surface area contributed by atoms with E-state index >= 15 is 0 Å². The van der Waals surface area contributed by atoms with E-state index in [1.807, 2.05) is 0 Å². The fourth-order valence-electron chi connectivity index (χ4n) is 2.20. The summed E-state index contributed by atoms with van der Waals surface area (Å²) in [6.45, 7) is 13.9. The average Bonchev–Trinajstić information content (AvgIpc) is 2.30. The van der Waals surface area contributed by atoms with Crippen molar-refractivity contribution < 1.29 is 14.7 Å². The Morgan fingerprint density at radius 1 is 1.10 bits per heavy atom. The first-order valence-electron chi connectivity index (χ1n) is 7.46. The molecule has 0 aliphatic rings. The summed E-state index contributed by atoms with van der Waals surface area (Å²) in [5, 5.41) is 11.5. The van der Waals surface area contributed by atoms with Gasteiger partial charge in [0.15, 0.2) is 0 Å². The Morgan fingerprint density at radius 3 is 2.05 bits per heavy atom. The van der Waals surface area contributed by atoms with E-state index in [0.717, 1.165) is 12.8 Å². The number of hydrogen-bond acceptors (Lipinski definition) is 2. The number of carbonyl (C=O) groups excluding carboxylic acids is 1. The van der Waals surface area contributed by atoms with E-state index < -0.39 is 5.97 Å². The quantitative estimate of drug-likeness (QED) is 0.717. The molecule has 1 atom stereocenters. The van der Waals surface area contributed by atoms with Crippen LogP contribution < -0.4 is 5.32 Å². The van der Waals surface area contributed by atoms with Gasteiger partial charge in [0.25, 0.3) is 0 Å². The van der Waals surface area contributed by atoms with E-state index in [1.54, 1.807) is 0 Å². The van der Waals surface area contributed by atoms with Gasteiger partial charge in [-0.05, 0) is 23.2 Å². The van der Waals surface area contributed by atoms with Gasteiger partial charge in [-0.3, -0.25) is 9.59 Å². The third-order valence-corrected chi connectivity index (χ3v) is 3.99. The molecule has 0 aromatic rings.